The Morgan fingerprint density at radius 3 is 2.39 bits per heavy atom. The molecule has 0 saturated carbocycles. The topological polar surface area (TPSA) is 90.9 Å². The Morgan fingerprint density at radius 1 is 1.04 bits per heavy atom. The van der Waals surface area contributed by atoms with Gasteiger partial charge in [0.1, 0.15) is 11.5 Å². The number of carbonyl (C=O) groups excluding carboxylic acids is 3. The minimum Gasteiger partial charge on any atom is -0.495 e. The number of benzene rings is 2. The van der Waals surface area contributed by atoms with Crippen LogP contribution in [0, 0.1) is 0 Å². The predicted molar refractivity (Wildman–Crippen MR) is 104 cm³/mol. The molecule has 0 saturated heterocycles. The molecule has 28 heavy (non-hydrogen) atoms. The second-order valence-electron chi connectivity index (χ2n) is 5.64. The second kappa shape index (κ2) is 10.3. The van der Waals surface area contributed by atoms with Crippen LogP contribution < -0.4 is 14.8 Å². The van der Waals surface area contributed by atoms with Gasteiger partial charge in [-0.15, -0.1) is 0 Å². The maximum atomic E-state index is 11.9. The van der Waals surface area contributed by atoms with Gasteiger partial charge < -0.3 is 19.5 Å². The Balaban J connectivity index is 1.78. The van der Waals surface area contributed by atoms with E-state index >= 15 is 0 Å². The molecule has 0 unspecified atom stereocenters. The van der Waals surface area contributed by atoms with Gasteiger partial charge in [0.2, 0.25) is 0 Å². The Bertz CT molecular complexity index is 850. The monoisotopic (exact) mass is 405 g/mol. The molecule has 0 aliphatic carbocycles. The van der Waals surface area contributed by atoms with Crippen LogP contribution in [0.1, 0.15) is 23.7 Å². The number of amides is 1. The molecule has 0 atom stereocenters. The molecule has 148 valence electrons. The fourth-order valence-electron chi connectivity index (χ4n) is 2.24. The van der Waals surface area contributed by atoms with Gasteiger partial charge in [-0.3, -0.25) is 9.59 Å². The summed E-state index contributed by atoms with van der Waals surface area (Å²) in [5, 5.41) is 2.98. The summed E-state index contributed by atoms with van der Waals surface area (Å²) in [7, 11) is 1.46. The average Bonchev–Trinajstić information content (AvgIpc) is 2.70. The molecule has 1 N–H and O–H groups in total. The lowest BCUT2D eigenvalue weighted by molar-refractivity contribution is -0.149. The molecule has 2 rings (SSSR count). The van der Waals surface area contributed by atoms with Crippen molar-refractivity contribution < 1.29 is 28.6 Å². The van der Waals surface area contributed by atoms with Crippen molar-refractivity contribution in [2.24, 2.45) is 0 Å². The van der Waals surface area contributed by atoms with Crippen molar-refractivity contribution in [3.05, 3.63) is 53.1 Å². The van der Waals surface area contributed by atoms with Crippen LogP contribution in [0.15, 0.2) is 42.5 Å². The van der Waals surface area contributed by atoms with E-state index in [-0.39, 0.29) is 12.4 Å². The quantitative estimate of drug-likeness (QED) is 0.507. The van der Waals surface area contributed by atoms with Crippen molar-refractivity contribution in [3.63, 3.8) is 0 Å². The van der Waals surface area contributed by atoms with Gasteiger partial charge in [0.05, 0.1) is 12.8 Å². The van der Waals surface area contributed by atoms with E-state index in [4.69, 9.17) is 25.8 Å². The number of halogens is 1. The maximum Gasteiger partial charge on any atom is 0.344 e. The fourth-order valence-corrected chi connectivity index (χ4v) is 2.41. The van der Waals surface area contributed by atoms with Gasteiger partial charge in [-0.25, -0.2) is 4.79 Å². The molecule has 0 fully saturated rings. The average molecular weight is 406 g/mol. The largest absolute Gasteiger partial charge is 0.495 e. The number of hydrogen-bond donors (Lipinski definition) is 1. The van der Waals surface area contributed by atoms with Gasteiger partial charge in [0.15, 0.2) is 19.0 Å². The molecule has 0 aromatic heterocycles. The molecule has 1 amide bonds. The molecule has 7 nitrogen and oxygen atoms in total. The van der Waals surface area contributed by atoms with Crippen LogP contribution in [0.2, 0.25) is 5.02 Å². The number of carbonyl (C=O) groups is 3. The number of methoxy groups -OCH3 is 1. The summed E-state index contributed by atoms with van der Waals surface area (Å²) in [5.41, 5.74) is 0.944. The van der Waals surface area contributed by atoms with Crippen LogP contribution in [0.25, 0.3) is 0 Å². The highest BCUT2D eigenvalue weighted by Gasteiger charge is 2.12. The Hall–Kier alpha value is -3.06. The van der Waals surface area contributed by atoms with Crippen LogP contribution in [-0.4, -0.2) is 38.0 Å². The minimum atomic E-state index is -0.707. The van der Waals surface area contributed by atoms with E-state index in [1.54, 1.807) is 43.3 Å². The van der Waals surface area contributed by atoms with E-state index in [1.807, 2.05) is 0 Å². The van der Waals surface area contributed by atoms with E-state index in [9.17, 15) is 14.4 Å². The third kappa shape index (κ3) is 6.28. The van der Waals surface area contributed by atoms with Gasteiger partial charge in [-0.05, 0) is 42.5 Å². The number of rotatable bonds is 9. The molecular weight excluding hydrogens is 386 g/mol. The predicted octanol–water partition coefficient (Wildman–Crippen LogP) is 3.50. The van der Waals surface area contributed by atoms with Crippen LogP contribution in [0.3, 0.4) is 0 Å². The summed E-state index contributed by atoms with van der Waals surface area (Å²) < 4.78 is 15.3. The standard InChI is InChI=1S/C20H20ClNO6/c1-3-17(23)13-4-7-15(8-5-13)27-12-20(25)28-11-19(24)22-16-10-14(21)6-9-18(16)26-2/h4-10H,3,11-12H2,1-2H3,(H,22,24). The zero-order valence-corrected chi connectivity index (χ0v) is 16.2. The zero-order valence-electron chi connectivity index (χ0n) is 15.5. The lowest BCUT2D eigenvalue weighted by Gasteiger charge is -2.11. The summed E-state index contributed by atoms with van der Waals surface area (Å²) >= 11 is 5.89. The summed E-state index contributed by atoms with van der Waals surface area (Å²) in [6.07, 6.45) is 0.412. The third-order valence-electron chi connectivity index (χ3n) is 3.65. The van der Waals surface area contributed by atoms with Gasteiger partial charge in [-0.2, -0.15) is 0 Å². The molecule has 0 heterocycles. The highest BCUT2D eigenvalue weighted by Crippen LogP contribution is 2.27. The summed E-state index contributed by atoms with van der Waals surface area (Å²) in [5.74, 6) is -0.387. The Kier molecular flexibility index (Phi) is 7.83. The molecule has 0 bridgehead atoms. The first kappa shape index (κ1) is 21.2. The molecule has 2 aromatic carbocycles. The molecule has 0 aliphatic heterocycles. The lowest BCUT2D eigenvalue weighted by atomic mass is 10.1. The Labute approximate surface area is 167 Å². The van der Waals surface area contributed by atoms with Crippen molar-refractivity contribution in [1.82, 2.24) is 0 Å². The van der Waals surface area contributed by atoms with Crippen molar-refractivity contribution >= 4 is 34.9 Å². The van der Waals surface area contributed by atoms with E-state index < -0.39 is 18.5 Å². The third-order valence-corrected chi connectivity index (χ3v) is 3.89. The number of ketones is 1. The second-order valence-corrected chi connectivity index (χ2v) is 6.08. The zero-order chi connectivity index (χ0) is 20.5. The summed E-state index contributed by atoms with van der Waals surface area (Å²) in [6.45, 7) is 0.929. The van der Waals surface area contributed by atoms with Gasteiger partial charge in [0.25, 0.3) is 5.91 Å². The number of nitrogens with one attached hydrogen (secondary N) is 1. The first-order chi connectivity index (χ1) is 13.4. The van der Waals surface area contributed by atoms with Crippen LogP contribution in [0.5, 0.6) is 11.5 Å². The number of esters is 1. The van der Waals surface area contributed by atoms with Gasteiger partial charge >= 0.3 is 5.97 Å². The number of hydrogen-bond acceptors (Lipinski definition) is 6. The summed E-state index contributed by atoms with van der Waals surface area (Å²) in [4.78, 5) is 35.2. The van der Waals surface area contributed by atoms with Crippen molar-refractivity contribution in [2.75, 3.05) is 25.6 Å². The molecule has 8 heteroatoms. The van der Waals surface area contributed by atoms with Crippen molar-refractivity contribution in [3.8, 4) is 11.5 Å². The lowest BCUT2D eigenvalue weighted by Crippen LogP contribution is -2.23. The SMILES string of the molecule is CCC(=O)c1ccc(OCC(=O)OCC(=O)Nc2cc(Cl)ccc2OC)cc1. The molecular formula is C20H20ClNO6. The van der Waals surface area contributed by atoms with Crippen molar-refractivity contribution in [1.29, 1.82) is 0 Å². The molecule has 0 spiro atoms. The van der Waals surface area contributed by atoms with Crippen molar-refractivity contribution in [2.45, 2.75) is 13.3 Å². The van der Waals surface area contributed by atoms with E-state index in [2.05, 4.69) is 5.32 Å². The van der Waals surface area contributed by atoms with Crippen LogP contribution in [0.4, 0.5) is 5.69 Å². The fraction of sp³-hybridized carbons (Fsp3) is 0.250. The number of ether oxygens (including phenoxy) is 3. The first-order valence-electron chi connectivity index (χ1n) is 8.48. The molecule has 2 aromatic rings. The van der Waals surface area contributed by atoms with E-state index in [1.165, 1.54) is 13.2 Å². The van der Waals surface area contributed by atoms with Gasteiger partial charge in [0, 0.05) is 17.0 Å². The maximum absolute atomic E-state index is 11.9. The van der Waals surface area contributed by atoms with Crippen LogP contribution >= 0.6 is 11.6 Å². The van der Waals surface area contributed by atoms with E-state index in [0.717, 1.165) is 0 Å². The highest BCUT2D eigenvalue weighted by molar-refractivity contribution is 6.31. The first-order valence-corrected chi connectivity index (χ1v) is 8.85. The highest BCUT2D eigenvalue weighted by atomic mass is 35.5. The smallest absolute Gasteiger partial charge is 0.344 e. The normalized spacial score (nSPS) is 10.1. The summed E-state index contributed by atoms with van der Waals surface area (Å²) in [6, 6.07) is 11.2. The number of Topliss-reactive ketones (excluding diaryl/α,β-unsaturated/α-hetero) is 1. The molecule has 0 aliphatic rings. The minimum absolute atomic E-state index is 0.0216. The Morgan fingerprint density at radius 2 is 1.75 bits per heavy atom. The number of anilines is 1. The molecule has 0 radical (unpaired) electrons. The van der Waals surface area contributed by atoms with Crippen LogP contribution in [-0.2, 0) is 14.3 Å². The van der Waals surface area contributed by atoms with E-state index in [0.29, 0.717) is 34.2 Å². The van der Waals surface area contributed by atoms with Gasteiger partial charge in [-0.1, -0.05) is 18.5 Å².